The number of nitriles is 1. The van der Waals surface area contributed by atoms with E-state index in [4.69, 9.17) is 10.00 Å². The van der Waals surface area contributed by atoms with E-state index in [1.54, 1.807) is 45.0 Å². The second kappa shape index (κ2) is 12.6. The Morgan fingerprint density at radius 1 is 1.02 bits per heavy atom. The van der Waals surface area contributed by atoms with Crippen LogP contribution < -0.4 is 10.6 Å². The first-order valence-electron chi connectivity index (χ1n) is 13.7. The maximum Gasteiger partial charge on any atom is 0.407 e. The van der Waals surface area contributed by atoms with E-state index in [9.17, 15) is 14.4 Å². The molecule has 3 aromatic rings. The van der Waals surface area contributed by atoms with Gasteiger partial charge in [-0.25, -0.2) is 4.79 Å². The van der Waals surface area contributed by atoms with Crippen molar-refractivity contribution in [3.8, 4) is 6.07 Å². The van der Waals surface area contributed by atoms with Crippen LogP contribution >= 0.6 is 0 Å². The molecule has 9 nitrogen and oxygen atoms in total. The molecule has 0 bridgehead atoms. The number of benzene rings is 2. The predicted octanol–water partition coefficient (Wildman–Crippen LogP) is 5.56. The number of anilines is 1. The number of likely N-dealkylation sites (tertiary alicyclic amines) is 1. The number of amides is 3. The third kappa shape index (κ3) is 7.92. The minimum absolute atomic E-state index is 0.0673. The fraction of sp³-hybridized carbons (Fsp3) is 0.344. The van der Waals surface area contributed by atoms with Crippen LogP contribution in [0, 0.1) is 18.3 Å². The first-order chi connectivity index (χ1) is 19.5. The second-order valence-electron chi connectivity index (χ2n) is 11.2. The summed E-state index contributed by atoms with van der Waals surface area (Å²) in [4.78, 5) is 44.2. The Morgan fingerprint density at radius 3 is 2.32 bits per heavy atom. The van der Waals surface area contributed by atoms with E-state index < -0.39 is 11.7 Å². The molecule has 212 valence electrons. The highest BCUT2D eigenvalue weighted by molar-refractivity contribution is 6.05. The topological polar surface area (TPSA) is 124 Å². The third-order valence-electron chi connectivity index (χ3n) is 6.93. The maximum absolute atomic E-state index is 13.3. The third-order valence-corrected chi connectivity index (χ3v) is 6.93. The van der Waals surface area contributed by atoms with Crippen LogP contribution in [0.5, 0.6) is 0 Å². The highest BCUT2D eigenvalue weighted by Crippen LogP contribution is 2.29. The standard InChI is InChI=1S/C32H35N5O4/c1-21-5-8-25(30(39)37-15-13-24(14-16-37)23-9-6-22(18-33)7-10-23)17-28(21)36-29(38)26-11-12-27(34-19-26)20-35-31(40)41-32(2,3)4/h5-12,17,19,24H,13-16,20H2,1-4H3,(H,35,40)(H,36,38). The normalized spacial score (nSPS) is 13.7. The van der Waals surface area contributed by atoms with E-state index in [0.717, 1.165) is 18.4 Å². The van der Waals surface area contributed by atoms with Crippen molar-refractivity contribution in [2.45, 2.75) is 58.6 Å². The van der Waals surface area contributed by atoms with Gasteiger partial charge in [-0.3, -0.25) is 14.6 Å². The molecular formula is C32H35N5O4. The summed E-state index contributed by atoms with van der Waals surface area (Å²) in [5.41, 5.74) is 4.09. The molecule has 0 atom stereocenters. The van der Waals surface area contributed by atoms with Gasteiger partial charge in [-0.2, -0.15) is 5.26 Å². The fourth-order valence-electron chi connectivity index (χ4n) is 4.65. The van der Waals surface area contributed by atoms with Crippen LogP contribution in [0.2, 0.25) is 0 Å². The average molecular weight is 554 g/mol. The van der Waals surface area contributed by atoms with E-state index in [-0.39, 0.29) is 18.4 Å². The molecule has 2 aromatic carbocycles. The van der Waals surface area contributed by atoms with Crippen molar-refractivity contribution in [2.24, 2.45) is 0 Å². The molecule has 1 fully saturated rings. The first kappa shape index (κ1) is 29.3. The van der Waals surface area contributed by atoms with Crippen LogP contribution in [-0.2, 0) is 11.3 Å². The van der Waals surface area contributed by atoms with Crippen molar-refractivity contribution in [3.63, 3.8) is 0 Å². The van der Waals surface area contributed by atoms with Crippen molar-refractivity contribution in [1.29, 1.82) is 5.26 Å². The molecule has 0 aliphatic carbocycles. The van der Waals surface area contributed by atoms with Gasteiger partial charge in [0.25, 0.3) is 11.8 Å². The molecule has 0 saturated carbocycles. The average Bonchev–Trinajstić information content (AvgIpc) is 2.96. The van der Waals surface area contributed by atoms with Crippen molar-refractivity contribution in [3.05, 3.63) is 94.3 Å². The van der Waals surface area contributed by atoms with Gasteiger partial charge in [-0.05, 0) is 94.0 Å². The summed E-state index contributed by atoms with van der Waals surface area (Å²) >= 11 is 0. The Labute approximate surface area is 240 Å². The number of carbonyl (C=O) groups is 3. The summed E-state index contributed by atoms with van der Waals surface area (Å²) in [6.07, 6.45) is 2.61. The number of pyridine rings is 1. The summed E-state index contributed by atoms with van der Waals surface area (Å²) < 4.78 is 5.22. The van der Waals surface area contributed by atoms with Crippen LogP contribution in [0.25, 0.3) is 0 Å². The lowest BCUT2D eigenvalue weighted by Crippen LogP contribution is -2.38. The zero-order valence-corrected chi connectivity index (χ0v) is 23.9. The van der Waals surface area contributed by atoms with Crippen molar-refractivity contribution >= 4 is 23.6 Å². The molecule has 2 heterocycles. The van der Waals surface area contributed by atoms with Gasteiger partial charge in [0.1, 0.15) is 5.60 Å². The van der Waals surface area contributed by atoms with E-state index in [1.165, 1.54) is 11.8 Å². The van der Waals surface area contributed by atoms with Crippen molar-refractivity contribution < 1.29 is 19.1 Å². The van der Waals surface area contributed by atoms with Gasteiger partial charge in [-0.1, -0.05) is 18.2 Å². The zero-order valence-electron chi connectivity index (χ0n) is 23.9. The SMILES string of the molecule is Cc1ccc(C(=O)N2CCC(c3ccc(C#N)cc3)CC2)cc1NC(=O)c1ccc(CNC(=O)OC(C)(C)C)nc1. The number of aryl methyl sites for hydroxylation is 1. The molecule has 1 aliphatic heterocycles. The Bertz CT molecular complexity index is 1450. The first-order valence-corrected chi connectivity index (χ1v) is 13.7. The van der Waals surface area contributed by atoms with E-state index in [0.29, 0.717) is 47.1 Å². The van der Waals surface area contributed by atoms with Crippen LogP contribution in [0.15, 0.2) is 60.8 Å². The molecular weight excluding hydrogens is 518 g/mol. The Balaban J connectivity index is 1.33. The Kier molecular flexibility index (Phi) is 9.03. The number of nitrogens with one attached hydrogen (secondary N) is 2. The van der Waals surface area contributed by atoms with Crippen molar-refractivity contribution in [2.75, 3.05) is 18.4 Å². The van der Waals surface area contributed by atoms with Gasteiger partial charge in [0.15, 0.2) is 0 Å². The van der Waals surface area contributed by atoms with Gasteiger partial charge >= 0.3 is 6.09 Å². The lowest BCUT2D eigenvalue weighted by molar-refractivity contribution is 0.0522. The summed E-state index contributed by atoms with van der Waals surface area (Å²) in [7, 11) is 0. The van der Waals surface area contributed by atoms with Gasteiger partial charge in [0.05, 0.1) is 29.4 Å². The van der Waals surface area contributed by atoms with E-state index in [2.05, 4.69) is 21.7 Å². The maximum atomic E-state index is 13.3. The molecule has 0 unspecified atom stereocenters. The van der Waals surface area contributed by atoms with Crippen LogP contribution in [-0.4, -0.2) is 46.5 Å². The second-order valence-corrected chi connectivity index (χ2v) is 11.2. The Hall–Kier alpha value is -4.71. The summed E-state index contributed by atoms with van der Waals surface area (Å²) in [6.45, 7) is 8.68. The number of carbonyl (C=O) groups excluding carboxylic acids is 3. The molecule has 3 amide bonds. The molecule has 41 heavy (non-hydrogen) atoms. The number of rotatable bonds is 6. The Morgan fingerprint density at radius 2 is 1.71 bits per heavy atom. The number of nitrogens with zero attached hydrogens (tertiary/aromatic N) is 3. The number of alkyl carbamates (subject to hydrolysis) is 1. The van der Waals surface area contributed by atoms with Gasteiger partial charge in [-0.15, -0.1) is 0 Å². The van der Waals surface area contributed by atoms with Crippen LogP contribution in [0.3, 0.4) is 0 Å². The molecule has 4 rings (SSSR count). The summed E-state index contributed by atoms with van der Waals surface area (Å²) in [5.74, 6) is -0.0601. The monoisotopic (exact) mass is 553 g/mol. The van der Waals surface area contributed by atoms with Gasteiger partial charge in [0, 0.05) is 30.5 Å². The van der Waals surface area contributed by atoms with Gasteiger partial charge < -0.3 is 20.3 Å². The summed E-state index contributed by atoms with van der Waals surface area (Å²) in [5, 5.41) is 14.6. The molecule has 1 aliphatic rings. The molecule has 2 N–H and O–H groups in total. The highest BCUT2D eigenvalue weighted by Gasteiger charge is 2.25. The minimum Gasteiger partial charge on any atom is -0.444 e. The quantitative estimate of drug-likeness (QED) is 0.412. The van der Waals surface area contributed by atoms with E-state index >= 15 is 0 Å². The lowest BCUT2D eigenvalue weighted by atomic mass is 9.89. The zero-order chi connectivity index (χ0) is 29.6. The number of ether oxygens (including phenoxy) is 1. The number of piperidine rings is 1. The van der Waals surface area contributed by atoms with Crippen LogP contribution in [0.4, 0.5) is 10.5 Å². The molecule has 1 aromatic heterocycles. The minimum atomic E-state index is -0.594. The van der Waals surface area contributed by atoms with Crippen molar-refractivity contribution in [1.82, 2.24) is 15.2 Å². The van der Waals surface area contributed by atoms with Crippen LogP contribution in [0.1, 0.15) is 82.6 Å². The highest BCUT2D eigenvalue weighted by atomic mass is 16.6. The fourth-order valence-corrected chi connectivity index (χ4v) is 4.65. The summed E-state index contributed by atoms with van der Waals surface area (Å²) in [6, 6.07) is 18.5. The molecule has 1 saturated heterocycles. The molecule has 9 heteroatoms. The van der Waals surface area contributed by atoms with E-state index in [1.807, 2.05) is 42.2 Å². The van der Waals surface area contributed by atoms with Gasteiger partial charge in [0.2, 0.25) is 0 Å². The smallest absolute Gasteiger partial charge is 0.407 e. The number of aromatic nitrogens is 1. The predicted molar refractivity (Wildman–Crippen MR) is 155 cm³/mol. The number of hydrogen-bond acceptors (Lipinski definition) is 6. The molecule has 0 spiro atoms. The number of hydrogen-bond donors (Lipinski definition) is 2. The molecule has 0 radical (unpaired) electrons. The largest absolute Gasteiger partial charge is 0.444 e. The lowest BCUT2D eigenvalue weighted by Gasteiger charge is -2.32.